The van der Waals surface area contributed by atoms with Crippen LogP contribution in [0.2, 0.25) is 0 Å². The zero-order valence-corrected chi connectivity index (χ0v) is 17.4. The second kappa shape index (κ2) is 8.21. The van der Waals surface area contributed by atoms with E-state index in [0.717, 1.165) is 39.6 Å². The molecule has 1 aromatic heterocycles. The Morgan fingerprint density at radius 3 is 2.76 bits per heavy atom. The van der Waals surface area contributed by atoms with Gasteiger partial charge in [0.15, 0.2) is 0 Å². The van der Waals surface area contributed by atoms with E-state index in [9.17, 15) is 9.59 Å². The minimum atomic E-state index is -0.114. The molecule has 1 aliphatic rings. The van der Waals surface area contributed by atoms with E-state index >= 15 is 0 Å². The highest BCUT2D eigenvalue weighted by atomic mass is 32.1. The van der Waals surface area contributed by atoms with Crippen molar-refractivity contribution in [2.75, 3.05) is 30.4 Å². The molecule has 0 radical (unpaired) electrons. The molecule has 0 unspecified atom stereocenters. The topological polar surface area (TPSA) is 65.5 Å². The molecule has 1 N–H and O–H groups in total. The Kier molecular flexibility index (Phi) is 5.49. The fourth-order valence-corrected chi connectivity index (χ4v) is 4.57. The lowest BCUT2D eigenvalue weighted by Crippen LogP contribution is -2.34. The second-order valence-electron chi connectivity index (χ2n) is 7.22. The van der Waals surface area contributed by atoms with E-state index in [1.54, 1.807) is 28.2 Å². The highest BCUT2D eigenvalue weighted by molar-refractivity contribution is 7.18. The predicted molar refractivity (Wildman–Crippen MR) is 117 cm³/mol. The Labute approximate surface area is 174 Å². The van der Waals surface area contributed by atoms with E-state index in [1.165, 1.54) is 0 Å². The van der Waals surface area contributed by atoms with Crippen molar-refractivity contribution in [1.82, 2.24) is 9.88 Å². The first-order valence-corrected chi connectivity index (χ1v) is 10.6. The van der Waals surface area contributed by atoms with Crippen LogP contribution >= 0.6 is 11.3 Å². The molecule has 1 aliphatic heterocycles. The van der Waals surface area contributed by atoms with Gasteiger partial charge in [-0.3, -0.25) is 9.59 Å². The van der Waals surface area contributed by atoms with Crippen LogP contribution in [0.1, 0.15) is 30.8 Å². The third kappa shape index (κ3) is 3.96. The van der Waals surface area contributed by atoms with Gasteiger partial charge in [-0.25, -0.2) is 4.98 Å². The van der Waals surface area contributed by atoms with Crippen LogP contribution in [0, 0.1) is 0 Å². The van der Waals surface area contributed by atoms with Crippen LogP contribution in [0.5, 0.6) is 0 Å². The third-order valence-corrected chi connectivity index (χ3v) is 6.55. The molecular weight excluding hydrogens is 384 g/mol. The smallest absolute Gasteiger partial charge is 0.242 e. The molecule has 2 aromatic carbocycles. The quantitative estimate of drug-likeness (QED) is 0.668. The van der Waals surface area contributed by atoms with Crippen molar-refractivity contribution in [3.8, 4) is 0 Å². The van der Waals surface area contributed by atoms with E-state index < -0.39 is 0 Å². The zero-order valence-electron chi connectivity index (χ0n) is 16.6. The van der Waals surface area contributed by atoms with Crippen LogP contribution in [-0.2, 0) is 9.59 Å². The molecule has 2 amide bonds. The Morgan fingerprint density at radius 2 is 2.00 bits per heavy atom. The Morgan fingerprint density at radius 1 is 1.24 bits per heavy atom. The summed E-state index contributed by atoms with van der Waals surface area (Å²) in [6, 6.07) is 15.5. The largest absolute Gasteiger partial charge is 0.374 e. The maximum absolute atomic E-state index is 12.8. The maximum Gasteiger partial charge on any atom is 0.242 e. The molecular formula is C22H24N4O2S. The Balaban J connectivity index is 1.44. The molecule has 0 bridgehead atoms. The van der Waals surface area contributed by atoms with Crippen molar-refractivity contribution in [3.63, 3.8) is 0 Å². The van der Waals surface area contributed by atoms with Gasteiger partial charge in [0.2, 0.25) is 11.8 Å². The maximum atomic E-state index is 12.8. The van der Waals surface area contributed by atoms with E-state index in [4.69, 9.17) is 0 Å². The van der Waals surface area contributed by atoms with E-state index in [2.05, 4.69) is 10.3 Å². The second-order valence-corrected chi connectivity index (χ2v) is 8.28. The number of nitrogens with zero attached hydrogens (tertiary/aromatic N) is 3. The number of hydrogen-bond acceptors (Lipinski definition) is 5. The average molecular weight is 409 g/mol. The van der Waals surface area contributed by atoms with Gasteiger partial charge in [0.05, 0.1) is 34.2 Å². The summed E-state index contributed by atoms with van der Waals surface area (Å²) < 4.78 is 1.12. The first-order chi connectivity index (χ1) is 14.0. The van der Waals surface area contributed by atoms with Crippen molar-refractivity contribution in [2.45, 2.75) is 25.8 Å². The number of carbonyl (C=O) groups is 2. The van der Waals surface area contributed by atoms with Crippen LogP contribution in [0.4, 0.5) is 11.4 Å². The molecule has 29 heavy (non-hydrogen) atoms. The number of carbonyl (C=O) groups excluding carboxylic acids is 2. The number of benzene rings is 2. The van der Waals surface area contributed by atoms with Gasteiger partial charge in [0, 0.05) is 20.0 Å². The molecule has 7 heteroatoms. The van der Waals surface area contributed by atoms with Crippen LogP contribution < -0.4 is 10.2 Å². The van der Waals surface area contributed by atoms with Crippen molar-refractivity contribution < 1.29 is 9.59 Å². The van der Waals surface area contributed by atoms with Crippen LogP contribution in [-0.4, -0.2) is 41.8 Å². The summed E-state index contributed by atoms with van der Waals surface area (Å²) in [5, 5.41) is 4.14. The molecule has 1 fully saturated rings. The first kappa shape index (κ1) is 19.4. The monoisotopic (exact) mass is 408 g/mol. The van der Waals surface area contributed by atoms with E-state index in [-0.39, 0.29) is 24.4 Å². The van der Waals surface area contributed by atoms with Crippen molar-refractivity contribution in [2.24, 2.45) is 0 Å². The highest BCUT2D eigenvalue weighted by Gasteiger charge is 2.24. The number of fused-ring (bicyclic) bond motifs is 1. The summed E-state index contributed by atoms with van der Waals surface area (Å²) in [7, 11) is 1.80. The van der Waals surface area contributed by atoms with Gasteiger partial charge in [0.1, 0.15) is 5.01 Å². The summed E-state index contributed by atoms with van der Waals surface area (Å²) in [6.45, 7) is 2.87. The number of amides is 2. The molecule has 6 nitrogen and oxygen atoms in total. The highest BCUT2D eigenvalue weighted by Crippen LogP contribution is 2.30. The minimum absolute atomic E-state index is 0.0284. The molecule has 150 valence electrons. The van der Waals surface area contributed by atoms with Crippen molar-refractivity contribution >= 4 is 44.7 Å². The number of hydrogen-bond donors (Lipinski definition) is 1. The number of nitrogens with one attached hydrogen (secondary N) is 1. The Hall–Kier alpha value is -2.93. The summed E-state index contributed by atoms with van der Waals surface area (Å²) >= 11 is 1.62. The summed E-state index contributed by atoms with van der Waals surface area (Å²) in [4.78, 5) is 33.1. The zero-order chi connectivity index (χ0) is 20.4. The lowest BCUT2D eigenvalue weighted by Gasteiger charge is -2.25. The van der Waals surface area contributed by atoms with E-state index in [0.29, 0.717) is 6.42 Å². The van der Waals surface area contributed by atoms with Crippen molar-refractivity contribution in [1.29, 1.82) is 0 Å². The van der Waals surface area contributed by atoms with Gasteiger partial charge >= 0.3 is 0 Å². The van der Waals surface area contributed by atoms with Gasteiger partial charge in [-0.15, -0.1) is 11.3 Å². The number of aromatic nitrogens is 1. The summed E-state index contributed by atoms with van der Waals surface area (Å²) in [5.41, 5.74) is 2.60. The van der Waals surface area contributed by atoms with Crippen LogP contribution in [0.3, 0.4) is 0 Å². The van der Waals surface area contributed by atoms with Gasteiger partial charge in [0.25, 0.3) is 0 Å². The van der Waals surface area contributed by atoms with Crippen molar-refractivity contribution in [3.05, 3.63) is 53.5 Å². The molecule has 0 spiro atoms. The third-order valence-electron chi connectivity index (χ3n) is 5.34. The fraction of sp³-hybridized carbons (Fsp3) is 0.318. The summed E-state index contributed by atoms with van der Waals surface area (Å²) in [5.74, 6) is 0.103. The molecule has 4 rings (SSSR count). The SMILES string of the molecule is C[C@@H](c1nc2ccccc2s1)N(C)C(=O)CNc1ccccc1N1CCCC1=O. The van der Waals surface area contributed by atoms with Gasteiger partial charge in [-0.05, 0) is 37.6 Å². The molecule has 1 saturated heterocycles. The number of thiazole rings is 1. The molecule has 0 aliphatic carbocycles. The number of anilines is 2. The molecule has 2 heterocycles. The van der Waals surface area contributed by atoms with Crippen LogP contribution in [0.15, 0.2) is 48.5 Å². The lowest BCUT2D eigenvalue weighted by molar-refractivity contribution is -0.129. The minimum Gasteiger partial charge on any atom is -0.374 e. The number of para-hydroxylation sites is 3. The van der Waals surface area contributed by atoms with Gasteiger partial charge in [-0.2, -0.15) is 0 Å². The number of rotatable bonds is 6. The Bertz CT molecular complexity index is 1010. The number of likely N-dealkylation sites (N-methyl/N-ethyl adjacent to an activating group) is 1. The fourth-order valence-electron chi connectivity index (χ4n) is 3.51. The molecule has 0 saturated carbocycles. The molecule has 1 atom stereocenters. The first-order valence-electron chi connectivity index (χ1n) is 9.79. The van der Waals surface area contributed by atoms with Crippen LogP contribution in [0.25, 0.3) is 10.2 Å². The average Bonchev–Trinajstić information content (AvgIpc) is 3.37. The summed E-state index contributed by atoms with van der Waals surface area (Å²) in [6.07, 6.45) is 1.45. The molecule has 3 aromatic rings. The van der Waals surface area contributed by atoms with Gasteiger partial charge < -0.3 is 15.1 Å². The standard InChI is InChI=1S/C22H24N4O2S/c1-15(22-24-17-9-4-6-11-19(17)29-22)25(2)21(28)14-23-16-8-3-5-10-18(16)26-13-7-12-20(26)27/h3-6,8-11,15,23H,7,12-14H2,1-2H3/t15-/m0/s1. The normalized spacial score (nSPS) is 15.0. The lowest BCUT2D eigenvalue weighted by atomic mass is 10.2. The van der Waals surface area contributed by atoms with E-state index in [1.807, 2.05) is 55.5 Å². The van der Waals surface area contributed by atoms with Gasteiger partial charge in [-0.1, -0.05) is 24.3 Å². The predicted octanol–water partition coefficient (Wildman–Crippen LogP) is 4.05.